The normalized spacial score (nSPS) is 23.1. The first-order valence-electron chi connectivity index (χ1n) is 6.09. The van der Waals surface area contributed by atoms with Gasteiger partial charge in [0, 0.05) is 13.1 Å². The third-order valence-electron chi connectivity index (χ3n) is 3.38. The molecule has 0 radical (unpaired) electrons. The lowest BCUT2D eigenvalue weighted by Gasteiger charge is -2.21. The molecule has 1 amide bonds. The highest BCUT2D eigenvalue weighted by atomic mass is 19.4. The van der Waals surface area contributed by atoms with Crippen LogP contribution < -0.4 is 5.73 Å². The molecule has 0 spiro atoms. The lowest BCUT2D eigenvalue weighted by atomic mass is 10.1. The fourth-order valence-electron chi connectivity index (χ4n) is 2.29. The summed E-state index contributed by atoms with van der Waals surface area (Å²) in [5.41, 5.74) is 2.69. The molecule has 20 heavy (non-hydrogen) atoms. The number of amides is 1. The summed E-state index contributed by atoms with van der Waals surface area (Å²) in [7, 11) is 0. The van der Waals surface area contributed by atoms with Crippen LogP contribution in [-0.2, 0) is 6.18 Å². The lowest BCUT2D eigenvalue weighted by Crippen LogP contribution is -2.34. The molecule has 4 nitrogen and oxygen atoms in total. The van der Waals surface area contributed by atoms with Gasteiger partial charge in [-0.05, 0) is 25.5 Å². The van der Waals surface area contributed by atoms with E-state index >= 15 is 0 Å². The van der Waals surface area contributed by atoms with E-state index in [1.807, 2.05) is 0 Å². The number of alkyl halides is 3. The molecule has 1 aliphatic rings. The molecule has 0 saturated carbocycles. The van der Waals surface area contributed by atoms with Crippen LogP contribution >= 0.6 is 0 Å². The average molecular weight is 288 g/mol. The van der Waals surface area contributed by atoms with Crippen LogP contribution in [0.25, 0.3) is 0 Å². The average Bonchev–Trinajstić information content (AvgIpc) is 2.67. The third kappa shape index (κ3) is 2.72. The summed E-state index contributed by atoms with van der Waals surface area (Å²) in [6, 6.07) is 3.26. The Hall–Kier alpha value is -1.76. The Morgan fingerprint density at radius 2 is 2.10 bits per heavy atom. The van der Waals surface area contributed by atoms with Gasteiger partial charge in [0.2, 0.25) is 0 Å². The van der Waals surface area contributed by atoms with Crippen molar-refractivity contribution in [1.82, 2.24) is 4.90 Å². The first-order valence-corrected chi connectivity index (χ1v) is 6.09. The Labute approximate surface area is 114 Å². The molecule has 1 unspecified atom stereocenters. The maximum atomic E-state index is 12.7. The van der Waals surface area contributed by atoms with Crippen molar-refractivity contribution in [2.24, 2.45) is 0 Å². The van der Waals surface area contributed by atoms with Crippen molar-refractivity contribution < 1.29 is 23.1 Å². The summed E-state index contributed by atoms with van der Waals surface area (Å²) in [6.07, 6.45) is -4.21. The first-order chi connectivity index (χ1) is 9.12. The highest BCUT2D eigenvalue weighted by molar-refractivity contribution is 6.00. The van der Waals surface area contributed by atoms with E-state index in [2.05, 4.69) is 0 Å². The quantitative estimate of drug-likeness (QED) is 0.775. The molecule has 110 valence electrons. The fourth-order valence-corrected chi connectivity index (χ4v) is 2.29. The van der Waals surface area contributed by atoms with Crippen LogP contribution in [0.2, 0.25) is 0 Å². The monoisotopic (exact) mass is 288 g/mol. The van der Waals surface area contributed by atoms with Crippen LogP contribution in [0.1, 0.15) is 29.3 Å². The Kier molecular flexibility index (Phi) is 3.41. The number of aliphatic hydroxyl groups is 1. The number of carbonyl (C=O) groups is 1. The van der Waals surface area contributed by atoms with Crippen LogP contribution in [0.3, 0.4) is 0 Å². The number of nitrogens with two attached hydrogens (primary N) is 1. The molecule has 1 aromatic carbocycles. The van der Waals surface area contributed by atoms with E-state index in [-0.39, 0.29) is 12.1 Å². The SMILES string of the molecule is CC1(O)CCN(C(=O)c2cccc(C(F)(F)F)c2N)C1. The number of anilines is 1. The predicted octanol–water partition coefficient (Wildman–Crippen LogP) is 1.88. The predicted molar refractivity (Wildman–Crippen MR) is 67.0 cm³/mol. The minimum atomic E-state index is -4.60. The smallest absolute Gasteiger partial charge is 0.398 e. The Morgan fingerprint density at radius 1 is 1.45 bits per heavy atom. The van der Waals surface area contributed by atoms with E-state index in [1.165, 1.54) is 11.0 Å². The van der Waals surface area contributed by atoms with Gasteiger partial charge in [0.1, 0.15) is 0 Å². The Morgan fingerprint density at radius 3 is 2.60 bits per heavy atom. The van der Waals surface area contributed by atoms with Gasteiger partial charge in [-0.15, -0.1) is 0 Å². The zero-order chi connectivity index (χ0) is 15.1. The summed E-state index contributed by atoms with van der Waals surface area (Å²) < 4.78 is 38.2. The number of para-hydroxylation sites is 1. The summed E-state index contributed by atoms with van der Waals surface area (Å²) in [6.45, 7) is 1.96. The van der Waals surface area contributed by atoms with Crippen LogP contribution in [0.15, 0.2) is 18.2 Å². The molecular weight excluding hydrogens is 273 g/mol. The Bertz CT molecular complexity index is 541. The molecule has 1 aromatic rings. The third-order valence-corrected chi connectivity index (χ3v) is 3.38. The number of nitrogen functional groups attached to an aromatic ring is 1. The van der Waals surface area contributed by atoms with Crippen molar-refractivity contribution >= 4 is 11.6 Å². The molecule has 3 N–H and O–H groups in total. The van der Waals surface area contributed by atoms with Crippen molar-refractivity contribution in [3.8, 4) is 0 Å². The standard InChI is InChI=1S/C13H15F3N2O2/c1-12(20)5-6-18(7-12)11(19)8-3-2-4-9(10(8)17)13(14,15)16/h2-4,20H,5-7,17H2,1H3. The van der Waals surface area contributed by atoms with Crippen molar-refractivity contribution in [2.75, 3.05) is 18.8 Å². The van der Waals surface area contributed by atoms with Crippen molar-refractivity contribution in [3.63, 3.8) is 0 Å². The maximum absolute atomic E-state index is 12.7. The number of hydrogen-bond donors (Lipinski definition) is 2. The molecule has 1 aliphatic heterocycles. The van der Waals surface area contributed by atoms with Crippen molar-refractivity contribution in [3.05, 3.63) is 29.3 Å². The summed E-state index contributed by atoms with van der Waals surface area (Å²) >= 11 is 0. The summed E-state index contributed by atoms with van der Waals surface area (Å²) in [5, 5.41) is 9.81. The summed E-state index contributed by atoms with van der Waals surface area (Å²) in [4.78, 5) is 13.5. The molecule has 2 rings (SSSR count). The van der Waals surface area contributed by atoms with Crippen molar-refractivity contribution in [1.29, 1.82) is 0 Å². The molecule has 1 fully saturated rings. The Balaban J connectivity index is 2.32. The van der Waals surface area contributed by atoms with E-state index in [9.17, 15) is 23.1 Å². The molecule has 7 heteroatoms. The maximum Gasteiger partial charge on any atom is 0.418 e. The van der Waals surface area contributed by atoms with E-state index in [0.29, 0.717) is 13.0 Å². The molecule has 0 aromatic heterocycles. The van der Waals surface area contributed by atoms with Gasteiger partial charge >= 0.3 is 6.18 Å². The zero-order valence-electron chi connectivity index (χ0n) is 10.9. The van der Waals surface area contributed by atoms with Gasteiger partial charge in [-0.25, -0.2) is 0 Å². The number of halogens is 3. The van der Waals surface area contributed by atoms with Gasteiger partial charge in [0.25, 0.3) is 5.91 Å². The van der Waals surface area contributed by atoms with Crippen LogP contribution in [0.5, 0.6) is 0 Å². The van der Waals surface area contributed by atoms with Gasteiger partial charge < -0.3 is 15.7 Å². The van der Waals surface area contributed by atoms with Crippen LogP contribution in [0, 0.1) is 0 Å². The van der Waals surface area contributed by atoms with E-state index in [1.54, 1.807) is 6.92 Å². The number of β-amino-alcohol motifs (C(OH)–C–C–N with tert-alkyl or cyclic N) is 1. The lowest BCUT2D eigenvalue weighted by molar-refractivity contribution is -0.136. The molecule has 1 heterocycles. The fraction of sp³-hybridized carbons (Fsp3) is 0.462. The molecular formula is C13H15F3N2O2. The van der Waals surface area contributed by atoms with Crippen LogP contribution in [0.4, 0.5) is 18.9 Å². The largest absolute Gasteiger partial charge is 0.418 e. The number of hydrogen-bond acceptors (Lipinski definition) is 3. The highest BCUT2D eigenvalue weighted by Crippen LogP contribution is 2.35. The van der Waals surface area contributed by atoms with Crippen molar-refractivity contribution in [2.45, 2.75) is 25.1 Å². The zero-order valence-corrected chi connectivity index (χ0v) is 10.9. The van der Waals surface area contributed by atoms with Gasteiger partial charge in [-0.1, -0.05) is 6.07 Å². The van der Waals surface area contributed by atoms with Crippen LogP contribution in [-0.4, -0.2) is 34.6 Å². The number of carbonyl (C=O) groups excluding carboxylic acids is 1. The highest BCUT2D eigenvalue weighted by Gasteiger charge is 2.37. The second kappa shape index (κ2) is 4.66. The van der Waals surface area contributed by atoms with E-state index < -0.39 is 28.9 Å². The van der Waals surface area contributed by atoms with Gasteiger partial charge in [-0.3, -0.25) is 4.79 Å². The first kappa shape index (κ1) is 14.6. The van der Waals surface area contributed by atoms with Gasteiger partial charge in [-0.2, -0.15) is 13.2 Å². The minimum Gasteiger partial charge on any atom is -0.398 e. The number of benzene rings is 1. The second-order valence-electron chi connectivity index (χ2n) is 5.24. The van der Waals surface area contributed by atoms with Gasteiger partial charge in [0.15, 0.2) is 0 Å². The molecule has 1 atom stereocenters. The second-order valence-corrected chi connectivity index (χ2v) is 5.24. The number of likely N-dealkylation sites (tertiary alicyclic amines) is 1. The van der Waals surface area contributed by atoms with E-state index in [0.717, 1.165) is 12.1 Å². The van der Waals surface area contributed by atoms with Gasteiger partial charge in [0.05, 0.1) is 22.4 Å². The summed E-state index contributed by atoms with van der Waals surface area (Å²) in [5.74, 6) is -0.591. The van der Waals surface area contributed by atoms with E-state index in [4.69, 9.17) is 5.73 Å². The minimum absolute atomic E-state index is 0.0848. The molecule has 1 saturated heterocycles. The molecule has 0 aliphatic carbocycles. The molecule has 0 bridgehead atoms. The number of nitrogens with zero attached hydrogens (tertiary/aromatic N) is 1. The topological polar surface area (TPSA) is 66.6 Å². The number of rotatable bonds is 1.